The zero-order valence-electron chi connectivity index (χ0n) is 20.9. The third kappa shape index (κ3) is 5.91. The van der Waals surface area contributed by atoms with Gasteiger partial charge >= 0.3 is 0 Å². The van der Waals surface area contributed by atoms with Gasteiger partial charge in [0.1, 0.15) is 0 Å². The number of nitrogens with one attached hydrogen (secondary N) is 1. The van der Waals surface area contributed by atoms with E-state index in [9.17, 15) is 9.59 Å². The lowest BCUT2D eigenvalue weighted by Crippen LogP contribution is -2.40. The molecular formula is C29H41N3O2. The third-order valence-corrected chi connectivity index (χ3v) is 8.43. The van der Waals surface area contributed by atoms with E-state index in [1.807, 2.05) is 23.1 Å². The molecule has 1 aliphatic heterocycles. The first-order chi connectivity index (χ1) is 16.5. The van der Waals surface area contributed by atoms with E-state index in [4.69, 9.17) is 0 Å². The highest BCUT2D eigenvalue weighted by atomic mass is 16.2. The number of aromatic amines is 1. The number of piperidine rings is 1. The van der Waals surface area contributed by atoms with Gasteiger partial charge in [-0.05, 0) is 100 Å². The summed E-state index contributed by atoms with van der Waals surface area (Å²) in [5.41, 5.74) is 2.68. The number of aryl methyl sites for hydroxylation is 1. The van der Waals surface area contributed by atoms with E-state index in [2.05, 4.69) is 22.9 Å². The number of hydrogen-bond acceptors (Lipinski definition) is 3. The van der Waals surface area contributed by atoms with E-state index >= 15 is 0 Å². The van der Waals surface area contributed by atoms with Crippen molar-refractivity contribution in [3.8, 4) is 0 Å². The van der Waals surface area contributed by atoms with Gasteiger partial charge in [-0.2, -0.15) is 0 Å². The van der Waals surface area contributed by atoms with Crippen LogP contribution < -0.4 is 5.56 Å². The number of pyridine rings is 1. The van der Waals surface area contributed by atoms with Crippen molar-refractivity contribution >= 4 is 16.8 Å². The van der Waals surface area contributed by atoms with Gasteiger partial charge in [0.05, 0.1) is 6.54 Å². The molecule has 5 nitrogen and oxygen atoms in total. The highest BCUT2D eigenvalue weighted by Gasteiger charge is 2.29. The Morgan fingerprint density at radius 1 is 1.00 bits per heavy atom. The van der Waals surface area contributed by atoms with Gasteiger partial charge in [0.15, 0.2) is 0 Å². The van der Waals surface area contributed by atoms with Gasteiger partial charge < -0.3 is 14.8 Å². The summed E-state index contributed by atoms with van der Waals surface area (Å²) in [6, 6.07) is 8.10. The van der Waals surface area contributed by atoms with Gasteiger partial charge in [-0.3, -0.25) is 9.59 Å². The maximum Gasteiger partial charge on any atom is 0.253 e. The van der Waals surface area contributed by atoms with Crippen molar-refractivity contribution in [3.63, 3.8) is 0 Å². The highest BCUT2D eigenvalue weighted by Crippen LogP contribution is 2.32. The number of aromatic nitrogens is 1. The quantitative estimate of drug-likeness (QED) is 0.581. The lowest BCUT2D eigenvalue weighted by atomic mass is 9.87. The molecule has 184 valence electrons. The topological polar surface area (TPSA) is 56.4 Å². The average Bonchev–Trinajstić information content (AvgIpc) is 3.67. The van der Waals surface area contributed by atoms with Crippen LogP contribution in [0.4, 0.5) is 0 Å². The number of benzene rings is 1. The maximum absolute atomic E-state index is 13.6. The summed E-state index contributed by atoms with van der Waals surface area (Å²) in [6.07, 6.45) is 11.9. The fraction of sp³-hybridized carbons (Fsp3) is 0.655. The zero-order valence-corrected chi connectivity index (χ0v) is 20.9. The number of hydrogen-bond donors (Lipinski definition) is 1. The Bertz CT molecular complexity index is 1040. The summed E-state index contributed by atoms with van der Waals surface area (Å²) in [6.45, 7) is 6.98. The van der Waals surface area contributed by atoms with Crippen molar-refractivity contribution in [1.82, 2.24) is 14.8 Å². The van der Waals surface area contributed by atoms with Crippen LogP contribution in [0.25, 0.3) is 10.9 Å². The highest BCUT2D eigenvalue weighted by molar-refractivity contribution is 5.81. The molecule has 2 heterocycles. The van der Waals surface area contributed by atoms with E-state index < -0.39 is 0 Å². The maximum atomic E-state index is 13.6. The summed E-state index contributed by atoms with van der Waals surface area (Å²) in [7, 11) is 0. The molecule has 2 aromatic rings. The first kappa shape index (κ1) is 23.6. The minimum absolute atomic E-state index is 0.0637. The van der Waals surface area contributed by atoms with Gasteiger partial charge in [-0.15, -0.1) is 0 Å². The zero-order chi connectivity index (χ0) is 23.5. The van der Waals surface area contributed by atoms with Gasteiger partial charge in [0.2, 0.25) is 5.91 Å². The smallest absolute Gasteiger partial charge is 0.253 e. The van der Waals surface area contributed by atoms with E-state index in [0.29, 0.717) is 18.0 Å². The summed E-state index contributed by atoms with van der Waals surface area (Å²) in [5.74, 6) is 2.06. The second kappa shape index (κ2) is 10.6. The minimum atomic E-state index is -0.0637. The second-order valence-electron chi connectivity index (χ2n) is 11.3. The number of H-pyrrole nitrogens is 1. The molecule has 1 N–H and O–H groups in total. The largest absolute Gasteiger partial charge is 0.338 e. The third-order valence-electron chi connectivity index (χ3n) is 8.43. The molecular weight excluding hydrogens is 422 g/mol. The molecule has 0 radical (unpaired) electrons. The van der Waals surface area contributed by atoms with E-state index in [1.54, 1.807) is 0 Å². The van der Waals surface area contributed by atoms with E-state index in [1.165, 1.54) is 57.3 Å². The molecule has 5 heteroatoms. The van der Waals surface area contributed by atoms with Crippen LogP contribution in [0.5, 0.6) is 0 Å². The minimum Gasteiger partial charge on any atom is -0.338 e. The number of likely N-dealkylation sites (tertiary alicyclic amines) is 1. The van der Waals surface area contributed by atoms with Gasteiger partial charge in [-0.25, -0.2) is 0 Å². The summed E-state index contributed by atoms with van der Waals surface area (Å²) in [5, 5.41) is 1.04. The molecule has 0 bridgehead atoms. The number of carbonyl (C=O) groups is 1. The molecule has 0 unspecified atom stereocenters. The molecule has 1 aromatic carbocycles. The van der Waals surface area contributed by atoms with Crippen LogP contribution in [-0.2, 0) is 11.3 Å². The fourth-order valence-corrected chi connectivity index (χ4v) is 6.03. The van der Waals surface area contributed by atoms with Crippen molar-refractivity contribution in [3.05, 3.63) is 45.7 Å². The molecule has 1 saturated heterocycles. The lowest BCUT2D eigenvalue weighted by Gasteiger charge is -2.34. The molecule has 5 rings (SSSR count). The molecule has 0 spiro atoms. The predicted molar refractivity (Wildman–Crippen MR) is 138 cm³/mol. The van der Waals surface area contributed by atoms with E-state index in [0.717, 1.165) is 55.5 Å². The average molecular weight is 464 g/mol. The molecule has 0 atom stereocenters. The molecule has 2 saturated carbocycles. The fourth-order valence-electron chi connectivity index (χ4n) is 6.03. The van der Waals surface area contributed by atoms with Crippen LogP contribution in [0.3, 0.4) is 0 Å². The number of carbonyl (C=O) groups excluding carboxylic acids is 1. The van der Waals surface area contributed by atoms with Crippen LogP contribution in [-0.4, -0.2) is 46.9 Å². The summed E-state index contributed by atoms with van der Waals surface area (Å²) < 4.78 is 0. The first-order valence-corrected chi connectivity index (χ1v) is 13.7. The molecule has 1 aromatic heterocycles. The molecule has 3 fully saturated rings. The van der Waals surface area contributed by atoms with Crippen LogP contribution >= 0.6 is 0 Å². The molecule has 34 heavy (non-hydrogen) atoms. The Hall–Kier alpha value is -2.14. The van der Waals surface area contributed by atoms with Crippen LogP contribution in [0, 0.1) is 24.7 Å². The van der Waals surface area contributed by atoms with Gasteiger partial charge in [0, 0.05) is 30.1 Å². The second-order valence-corrected chi connectivity index (χ2v) is 11.3. The molecule has 3 aliphatic rings. The van der Waals surface area contributed by atoms with Gasteiger partial charge in [-0.1, -0.05) is 30.9 Å². The Labute approximate surface area is 203 Å². The monoisotopic (exact) mass is 463 g/mol. The Morgan fingerprint density at radius 2 is 1.76 bits per heavy atom. The van der Waals surface area contributed by atoms with Crippen LogP contribution in [0.15, 0.2) is 29.1 Å². The molecule has 1 amide bonds. The number of nitrogens with zero attached hydrogens (tertiary/aromatic N) is 2. The SMILES string of the molecule is Cc1ccc2[nH]c(=O)c(CN(CCC3CCN(CC4CC4)CC3)C(=O)C3CCCCC3)cc2c1. The Kier molecular flexibility index (Phi) is 7.38. The van der Waals surface area contributed by atoms with Crippen molar-refractivity contribution < 1.29 is 4.79 Å². The number of rotatable bonds is 8. The normalized spacial score (nSPS) is 20.6. The van der Waals surface area contributed by atoms with Crippen LogP contribution in [0.1, 0.15) is 75.3 Å². The number of fused-ring (bicyclic) bond motifs is 1. The first-order valence-electron chi connectivity index (χ1n) is 13.7. The van der Waals surface area contributed by atoms with Crippen molar-refractivity contribution in [2.75, 3.05) is 26.2 Å². The van der Waals surface area contributed by atoms with Crippen molar-refractivity contribution in [2.45, 2.75) is 77.7 Å². The molecule has 2 aliphatic carbocycles. The Morgan fingerprint density at radius 3 is 2.50 bits per heavy atom. The van der Waals surface area contributed by atoms with Crippen LogP contribution in [0.2, 0.25) is 0 Å². The van der Waals surface area contributed by atoms with Crippen molar-refractivity contribution in [1.29, 1.82) is 0 Å². The lowest BCUT2D eigenvalue weighted by molar-refractivity contribution is -0.137. The van der Waals surface area contributed by atoms with Gasteiger partial charge in [0.25, 0.3) is 5.56 Å². The summed E-state index contributed by atoms with van der Waals surface area (Å²) >= 11 is 0. The standard InChI is InChI=1S/C29H41N3O2/c1-21-7-10-27-25(17-21)18-26(28(33)30-27)20-32(29(34)24-5-3-2-4-6-24)16-13-22-11-14-31(15-12-22)19-23-8-9-23/h7,10,17-18,22-24H,2-6,8-9,11-16,19-20H2,1H3,(H,30,33). The predicted octanol–water partition coefficient (Wildman–Crippen LogP) is 5.26. The summed E-state index contributed by atoms with van der Waals surface area (Å²) in [4.78, 5) is 34.2. The van der Waals surface area contributed by atoms with Crippen molar-refractivity contribution in [2.24, 2.45) is 17.8 Å². The Balaban J connectivity index is 1.27. The number of amides is 1. The van der Waals surface area contributed by atoms with E-state index in [-0.39, 0.29) is 17.4 Å².